The summed E-state index contributed by atoms with van der Waals surface area (Å²) in [5.41, 5.74) is 5.09. The quantitative estimate of drug-likeness (QED) is 0.512. The zero-order valence-corrected chi connectivity index (χ0v) is 19.8. The fraction of sp³-hybridized carbons (Fsp3) is 0.545. The predicted molar refractivity (Wildman–Crippen MR) is 125 cm³/mol. The summed E-state index contributed by atoms with van der Waals surface area (Å²) in [6.07, 6.45) is 3.09. The molecular weight excluding hydrogens is 454 g/mol. The number of hydrogen-bond donors (Lipinski definition) is 2. The van der Waals surface area contributed by atoms with E-state index in [1.165, 1.54) is 10.8 Å². The fourth-order valence-electron chi connectivity index (χ4n) is 4.56. The van der Waals surface area contributed by atoms with Gasteiger partial charge in [0.05, 0.1) is 18.3 Å². The Hall–Kier alpha value is -3.74. The zero-order valence-electron chi connectivity index (χ0n) is 19.8. The Balaban J connectivity index is 1.30. The van der Waals surface area contributed by atoms with E-state index in [0.29, 0.717) is 56.7 Å². The van der Waals surface area contributed by atoms with Crippen molar-refractivity contribution in [3.05, 3.63) is 18.4 Å². The summed E-state index contributed by atoms with van der Waals surface area (Å²) in [6, 6.07) is 3.07. The van der Waals surface area contributed by atoms with E-state index in [1.807, 2.05) is 4.90 Å². The molecule has 35 heavy (non-hydrogen) atoms. The lowest BCUT2D eigenvalue weighted by atomic mass is 10.0. The van der Waals surface area contributed by atoms with Gasteiger partial charge in [0.1, 0.15) is 6.04 Å². The summed E-state index contributed by atoms with van der Waals surface area (Å²) < 4.78 is 6.70. The molecule has 0 aliphatic carbocycles. The number of hydrogen-bond acceptors (Lipinski definition) is 10. The second kappa shape index (κ2) is 8.80. The Morgan fingerprint density at radius 3 is 2.57 bits per heavy atom. The van der Waals surface area contributed by atoms with Gasteiger partial charge in [0.15, 0.2) is 5.76 Å². The molecule has 0 aromatic carbocycles. The first-order valence-electron chi connectivity index (χ1n) is 11.7. The number of aliphatic hydroxyl groups is 1. The smallest absolute Gasteiger partial charge is 0.259 e. The van der Waals surface area contributed by atoms with E-state index in [4.69, 9.17) is 10.2 Å². The highest BCUT2D eigenvalue weighted by Gasteiger charge is 2.37. The van der Waals surface area contributed by atoms with E-state index in [1.54, 1.807) is 35.8 Å². The number of fused-ring (bicyclic) bond motifs is 1. The molecule has 3 aromatic rings. The number of nitrogens with two attached hydrogens (primary N) is 1. The first-order chi connectivity index (χ1) is 16.7. The molecule has 0 saturated carbocycles. The van der Waals surface area contributed by atoms with E-state index in [0.717, 1.165) is 6.42 Å². The van der Waals surface area contributed by atoms with Gasteiger partial charge in [-0.1, -0.05) is 0 Å². The molecule has 5 heterocycles. The molecule has 0 radical (unpaired) electrons. The molecule has 0 unspecified atom stereocenters. The zero-order chi connectivity index (χ0) is 24.7. The lowest BCUT2D eigenvalue weighted by molar-refractivity contribution is -0.142. The van der Waals surface area contributed by atoms with Crippen LogP contribution in [-0.4, -0.2) is 95.7 Å². The van der Waals surface area contributed by atoms with Gasteiger partial charge in [0, 0.05) is 32.7 Å². The monoisotopic (exact) mass is 483 g/mol. The third-order valence-corrected chi connectivity index (χ3v) is 6.29. The topological polar surface area (TPSA) is 159 Å². The van der Waals surface area contributed by atoms with Gasteiger partial charge in [-0.25, -0.2) is 0 Å². The summed E-state index contributed by atoms with van der Waals surface area (Å²) in [6.45, 7) is 5.62. The number of furan rings is 1. The molecule has 2 fully saturated rings. The van der Waals surface area contributed by atoms with Gasteiger partial charge in [0.25, 0.3) is 5.78 Å². The number of anilines is 2. The molecule has 13 nitrogen and oxygen atoms in total. The molecular formula is C22H29N9O4. The van der Waals surface area contributed by atoms with E-state index in [9.17, 15) is 14.7 Å². The Kier molecular flexibility index (Phi) is 5.79. The van der Waals surface area contributed by atoms with Crippen LogP contribution in [0.25, 0.3) is 17.4 Å². The summed E-state index contributed by atoms with van der Waals surface area (Å²) in [4.78, 5) is 44.5. The van der Waals surface area contributed by atoms with Crippen molar-refractivity contribution in [1.82, 2.24) is 34.4 Å². The van der Waals surface area contributed by atoms with Crippen LogP contribution in [0.15, 0.2) is 22.8 Å². The molecule has 2 saturated heterocycles. The van der Waals surface area contributed by atoms with Gasteiger partial charge in [-0.15, -0.1) is 5.10 Å². The maximum atomic E-state index is 13.4. The Labute approximate surface area is 201 Å². The summed E-state index contributed by atoms with van der Waals surface area (Å²) in [5, 5.41) is 14.2. The number of aromatic nitrogens is 5. The largest absolute Gasteiger partial charge is 0.461 e. The number of piperazine rings is 1. The Morgan fingerprint density at radius 1 is 1.14 bits per heavy atom. The molecule has 1 atom stereocenters. The third kappa shape index (κ3) is 4.63. The lowest BCUT2D eigenvalue weighted by Crippen LogP contribution is -2.55. The van der Waals surface area contributed by atoms with Crippen LogP contribution in [0.2, 0.25) is 0 Å². The van der Waals surface area contributed by atoms with Crippen LogP contribution in [0.5, 0.6) is 0 Å². The van der Waals surface area contributed by atoms with Gasteiger partial charge < -0.3 is 30.0 Å². The molecule has 5 rings (SSSR count). The Bertz CT molecular complexity index is 1230. The van der Waals surface area contributed by atoms with Gasteiger partial charge in [-0.2, -0.15) is 19.5 Å². The molecule has 3 aromatic heterocycles. The lowest BCUT2D eigenvalue weighted by Gasteiger charge is -2.38. The fourth-order valence-corrected chi connectivity index (χ4v) is 4.56. The third-order valence-electron chi connectivity index (χ3n) is 6.29. The van der Waals surface area contributed by atoms with Crippen molar-refractivity contribution >= 4 is 29.5 Å². The van der Waals surface area contributed by atoms with E-state index in [-0.39, 0.29) is 30.0 Å². The maximum Gasteiger partial charge on any atom is 0.259 e. The predicted octanol–water partition coefficient (Wildman–Crippen LogP) is 0.162. The minimum absolute atomic E-state index is 0.0168. The van der Waals surface area contributed by atoms with Crippen molar-refractivity contribution in [2.75, 3.05) is 43.4 Å². The van der Waals surface area contributed by atoms with Crippen molar-refractivity contribution in [2.24, 2.45) is 0 Å². The van der Waals surface area contributed by atoms with Crippen molar-refractivity contribution in [3.63, 3.8) is 0 Å². The summed E-state index contributed by atoms with van der Waals surface area (Å²) in [7, 11) is 0. The first-order valence-corrected chi connectivity index (χ1v) is 11.7. The van der Waals surface area contributed by atoms with Crippen LogP contribution in [0.3, 0.4) is 0 Å². The van der Waals surface area contributed by atoms with E-state index < -0.39 is 11.6 Å². The standard InChI is InChI=1S/C22H29N9O4/c1-22(2,34)13-16(32)28-8-10-29(11-9-28)18(33)14-5-3-7-30(14)20-25-19(23)31-21(26-20)24-17(27-31)15-6-4-12-35-15/h4,6,12,14,34H,3,5,7-11,13H2,1-2H3,(H2,23,24,25,26,27)/t14-/m0/s1. The van der Waals surface area contributed by atoms with E-state index >= 15 is 0 Å². The van der Waals surface area contributed by atoms with Crippen molar-refractivity contribution in [3.8, 4) is 11.6 Å². The number of carbonyl (C=O) groups is 2. The molecule has 2 amide bonds. The molecule has 2 aliphatic heterocycles. The molecule has 3 N–H and O–H groups in total. The highest BCUT2D eigenvalue weighted by Crippen LogP contribution is 2.26. The van der Waals surface area contributed by atoms with Gasteiger partial charge >= 0.3 is 0 Å². The molecule has 0 bridgehead atoms. The van der Waals surface area contributed by atoms with Gasteiger partial charge in [-0.05, 0) is 38.8 Å². The van der Waals surface area contributed by atoms with Crippen molar-refractivity contribution < 1.29 is 19.1 Å². The van der Waals surface area contributed by atoms with Crippen molar-refractivity contribution in [2.45, 2.75) is 44.8 Å². The highest BCUT2D eigenvalue weighted by atomic mass is 16.3. The minimum Gasteiger partial charge on any atom is -0.461 e. The van der Waals surface area contributed by atoms with E-state index in [2.05, 4.69) is 20.1 Å². The minimum atomic E-state index is -1.06. The van der Waals surface area contributed by atoms with Crippen LogP contribution in [0.1, 0.15) is 33.1 Å². The average Bonchev–Trinajstić information content (AvgIpc) is 3.57. The van der Waals surface area contributed by atoms with Crippen LogP contribution in [0.4, 0.5) is 11.9 Å². The molecule has 2 aliphatic rings. The number of amides is 2. The molecule has 186 valence electrons. The summed E-state index contributed by atoms with van der Waals surface area (Å²) >= 11 is 0. The average molecular weight is 484 g/mol. The first kappa shape index (κ1) is 23.0. The van der Waals surface area contributed by atoms with Crippen molar-refractivity contribution in [1.29, 1.82) is 0 Å². The molecule has 0 spiro atoms. The van der Waals surface area contributed by atoms with Gasteiger partial charge in [0.2, 0.25) is 29.5 Å². The second-order valence-corrected chi connectivity index (χ2v) is 9.55. The van der Waals surface area contributed by atoms with Crippen LogP contribution in [0, 0.1) is 0 Å². The number of nitrogen functional groups attached to an aromatic ring is 1. The number of rotatable bonds is 5. The highest BCUT2D eigenvalue weighted by molar-refractivity contribution is 5.86. The maximum absolute atomic E-state index is 13.4. The second-order valence-electron chi connectivity index (χ2n) is 9.55. The molecule has 13 heteroatoms. The van der Waals surface area contributed by atoms with Crippen LogP contribution < -0.4 is 10.6 Å². The number of carbonyl (C=O) groups excluding carboxylic acids is 2. The SMILES string of the molecule is CC(C)(O)CC(=O)N1CCN(C(=O)[C@@H]2CCCN2c2nc(N)n3nc(-c4ccco4)nc3n2)CC1. The normalized spacial score (nSPS) is 19.1. The Morgan fingerprint density at radius 2 is 1.89 bits per heavy atom. The number of nitrogens with zero attached hydrogens (tertiary/aromatic N) is 8. The van der Waals surface area contributed by atoms with Crippen LogP contribution in [-0.2, 0) is 9.59 Å². The summed E-state index contributed by atoms with van der Waals surface area (Å²) in [5.74, 6) is 1.44. The van der Waals surface area contributed by atoms with Crippen LogP contribution >= 0.6 is 0 Å². The van der Waals surface area contributed by atoms with Gasteiger partial charge in [-0.3, -0.25) is 9.59 Å².